The number of rotatable bonds is 0. The van der Waals surface area contributed by atoms with Crippen molar-refractivity contribution in [3.63, 3.8) is 0 Å². The zero-order valence-corrected chi connectivity index (χ0v) is 10.2. The predicted molar refractivity (Wildman–Crippen MR) is 73.8 cm³/mol. The summed E-state index contributed by atoms with van der Waals surface area (Å²) in [7, 11) is 0. The van der Waals surface area contributed by atoms with Gasteiger partial charge in [0.05, 0.1) is 6.04 Å². The summed E-state index contributed by atoms with van der Waals surface area (Å²) in [5.74, 6) is -0.0759. The van der Waals surface area contributed by atoms with Crippen molar-refractivity contribution < 1.29 is 10.2 Å². The van der Waals surface area contributed by atoms with Crippen LogP contribution in [0, 0.1) is 0 Å². The molecule has 3 heteroatoms. The third-order valence-corrected chi connectivity index (χ3v) is 3.98. The van der Waals surface area contributed by atoms with Crippen LogP contribution < -0.4 is 5.32 Å². The van der Waals surface area contributed by atoms with Gasteiger partial charge >= 0.3 is 0 Å². The van der Waals surface area contributed by atoms with Crippen LogP contribution in [0.1, 0.15) is 22.7 Å². The molecule has 19 heavy (non-hydrogen) atoms. The Hall–Kier alpha value is -2.42. The second-order valence-electron chi connectivity index (χ2n) is 5.03. The molecule has 0 spiro atoms. The Morgan fingerprint density at radius 2 is 2.00 bits per heavy atom. The van der Waals surface area contributed by atoms with Gasteiger partial charge in [0.15, 0.2) is 11.5 Å². The molecule has 1 atom stereocenters. The van der Waals surface area contributed by atoms with Gasteiger partial charge in [0.25, 0.3) is 0 Å². The van der Waals surface area contributed by atoms with Crippen LogP contribution in [-0.4, -0.2) is 10.2 Å². The van der Waals surface area contributed by atoms with E-state index in [4.69, 9.17) is 0 Å². The molecule has 0 radical (unpaired) electrons. The first-order valence-electron chi connectivity index (χ1n) is 6.35. The van der Waals surface area contributed by atoms with E-state index in [0.29, 0.717) is 0 Å². The lowest BCUT2D eigenvalue weighted by atomic mass is 9.79. The summed E-state index contributed by atoms with van der Waals surface area (Å²) in [6, 6.07) is 9.76. The third-order valence-electron chi connectivity index (χ3n) is 3.98. The highest BCUT2D eigenvalue weighted by Crippen LogP contribution is 2.48. The molecule has 2 aromatic carbocycles. The molecule has 1 aliphatic carbocycles. The minimum Gasteiger partial charge on any atom is -0.504 e. The van der Waals surface area contributed by atoms with Gasteiger partial charge in [-0.15, -0.1) is 0 Å². The fraction of sp³-hybridized carbons (Fsp3) is 0.125. The number of benzene rings is 2. The molecule has 0 aromatic heterocycles. The van der Waals surface area contributed by atoms with E-state index in [1.54, 1.807) is 6.07 Å². The van der Waals surface area contributed by atoms with Crippen LogP contribution in [0.2, 0.25) is 0 Å². The van der Waals surface area contributed by atoms with Crippen molar-refractivity contribution in [1.82, 2.24) is 5.32 Å². The Morgan fingerprint density at radius 3 is 2.89 bits per heavy atom. The molecule has 0 saturated carbocycles. The van der Waals surface area contributed by atoms with Crippen molar-refractivity contribution in [3.8, 4) is 22.6 Å². The maximum Gasteiger partial charge on any atom is 0.165 e. The Bertz CT molecular complexity index is 719. The van der Waals surface area contributed by atoms with Crippen molar-refractivity contribution >= 4 is 6.08 Å². The molecule has 0 unspecified atom stereocenters. The van der Waals surface area contributed by atoms with Gasteiger partial charge in [0, 0.05) is 5.56 Å². The van der Waals surface area contributed by atoms with E-state index in [1.165, 1.54) is 11.1 Å². The van der Waals surface area contributed by atoms with E-state index in [1.807, 2.05) is 30.5 Å². The van der Waals surface area contributed by atoms with E-state index in [2.05, 4.69) is 11.4 Å². The topological polar surface area (TPSA) is 52.5 Å². The Morgan fingerprint density at radius 1 is 1.11 bits per heavy atom. The maximum absolute atomic E-state index is 10.2. The number of phenolic OH excluding ortho intramolecular Hbond substituents is 2. The summed E-state index contributed by atoms with van der Waals surface area (Å²) in [4.78, 5) is 0. The monoisotopic (exact) mass is 251 g/mol. The molecule has 2 aliphatic rings. The molecule has 0 bridgehead atoms. The minimum absolute atomic E-state index is 0.0149. The summed E-state index contributed by atoms with van der Waals surface area (Å²) >= 11 is 0. The van der Waals surface area contributed by atoms with E-state index >= 15 is 0 Å². The highest BCUT2D eigenvalue weighted by atomic mass is 16.3. The van der Waals surface area contributed by atoms with Crippen molar-refractivity contribution in [2.24, 2.45) is 0 Å². The minimum atomic E-state index is -0.0610. The van der Waals surface area contributed by atoms with Gasteiger partial charge in [-0.2, -0.15) is 0 Å². The van der Waals surface area contributed by atoms with Gasteiger partial charge in [-0.25, -0.2) is 0 Å². The lowest BCUT2D eigenvalue weighted by Crippen LogP contribution is -2.25. The highest BCUT2D eigenvalue weighted by molar-refractivity contribution is 5.84. The maximum atomic E-state index is 10.2. The van der Waals surface area contributed by atoms with Crippen molar-refractivity contribution in [2.75, 3.05) is 0 Å². The fourth-order valence-corrected chi connectivity index (χ4v) is 3.15. The van der Waals surface area contributed by atoms with Crippen LogP contribution in [0.25, 0.3) is 17.2 Å². The molecule has 0 fully saturated rings. The molecular weight excluding hydrogens is 238 g/mol. The Labute approximate surface area is 110 Å². The van der Waals surface area contributed by atoms with Crippen LogP contribution in [0.4, 0.5) is 0 Å². The van der Waals surface area contributed by atoms with Crippen LogP contribution in [-0.2, 0) is 6.42 Å². The summed E-state index contributed by atoms with van der Waals surface area (Å²) in [5, 5.41) is 23.3. The average molecular weight is 251 g/mol. The lowest BCUT2D eigenvalue weighted by molar-refractivity contribution is 0.403. The molecule has 3 nitrogen and oxygen atoms in total. The standard InChI is InChI=1S/C16H13NO2/c18-13-5-4-10-8-12-14-9(6-7-17-12)2-1-3-11(14)15(10)16(13)19/h1-7,12,17-19H,8H2/t12-/m1/s1. The molecular formula is C16H13NO2. The van der Waals surface area contributed by atoms with Gasteiger partial charge in [0.1, 0.15) is 0 Å². The van der Waals surface area contributed by atoms with Crippen molar-refractivity contribution in [3.05, 3.63) is 53.2 Å². The molecule has 2 aromatic rings. The molecule has 3 N–H and O–H groups in total. The second-order valence-corrected chi connectivity index (χ2v) is 5.03. The van der Waals surface area contributed by atoms with Gasteiger partial charge in [-0.05, 0) is 47.0 Å². The van der Waals surface area contributed by atoms with Gasteiger partial charge in [0.2, 0.25) is 0 Å². The summed E-state index contributed by atoms with van der Waals surface area (Å²) in [6.45, 7) is 0. The number of hydrogen-bond donors (Lipinski definition) is 3. The molecule has 4 rings (SSSR count). The first kappa shape index (κ1) is 10.5. The zero-order chi connectivity index (χ0) is 13.0. The Kier molecular flexibility index (Phi) is 1.96. The van der Waals surface area contributed by atoms with E-state index in [0.717, 1.165) is 23.1 Å². The molecule has 0 amide bonds. The number of hydrogen-bond acceptors (Lipinski definition) is 3. The smallest absolute Gasteiger partial charge is 0.165 e. The van der Waals surface area contributed by atoms with E-state index in [-0.39, 0.29) is 17.5 Å². The van der Waals surface area contributed by atoms with Crippen LogP contribution >= 0.6 is 0 Å². The normalized spacial score (nSPS) is 18.4. The highest BCUT2D eigenvalue weighted by Gasteiger charge is 2.29. The third kappa shape index (κ3) is 1.32. The number of aromatic hydroxyl groups is 2. The summed E-state index contributed by atoms with van der Waals surface area (Å²) in [5.41, 5.74) is 5.22. The van der Waals surface area contributed by atoms with E-state index in [9.17, 15) is 10.2 Å². The Balaban J connectivity index is 2.09. The summed E-state index contributed by atoms with van der Waals surface area (Å²) < 4.78 is 0. The van der Waals surface area contributed by atoms with E-state index < -0.39 is 0 Å². The van der Waals surface area contributed by atoms with Crippen LogP contribution in [0.3, 0.4) is 0 Å². The fourth-order valence-electron chi connectivity index (χ4n) is 3.15. The largest absolute Gasteiger partial charge is 0.504 e. The zero-order valence-electron chi connectivity index (χ0n) is 10.2. The van der Waals surface area contributed by atoms with Gasteiger partial charge in [-0.1, -0.05) is 24.3 Å². The predicted octanol–water partition coefficient (Wildman–Crippen LogP) is 2.94. The first-order chi connectivity index (χ1) is 9.25. The number of nitrogens with one attached hydrogen (secondary N) is 1. The molecule has 1 aliphatic heterocycles. The number of phenols is 2. The van der Waals surface area contributed by atoms with Crippen LogP contribution in [0.15, 0.2) is 36.5 Å². The van der Waals surface area contributed by atoms with Crippen molar-refractivity contribution in [2.45, 2.75) is 12.5 Å². The second kappa shape index (κ2) is 3.54. The summed E-state index contributed by atoms with van der Waals surface area (Å²) in [6.07, 6.45) is 4.83. The molecule has 94 valence electrons. The average Bonchev–Trinajstić information content (AvgIpc) is 2.43. The number of fused-ring (bicyclic) bond motifs is 2. The van der Waals surface area contributed by atoms with Crippen LogP contribution in [0.5, 0.6) is 11.5 Å². The van der Waals surface area contributed by atoms with Gasteiger partial charge < -0.3 is 15.5 Å². The quantitative estimate of drug-likeness (QED) is 0.631. The SMILES string of the molecule is Oc1ccc2c(c1O)-c1cccc3c1[C@@H](C2)NC=C3. The molecule has 1 heterocycles. The van der Waals surface area contributed by atoms with Crippen molar-refractivity contribution in [1.29, 1.82) is 0 Å². The first-order valence-corrected chi connectivity index (χ1v) is 6.35. The lowest BCUT2D eigenvalue weighted by Gasteiger charge is -2.32. The van der Waals surface area contributed by atoms with Gasteiger partial charge in [-0.3, -0.25) is 0 Å². The molecule has 0 saturated heterocycles.